The van der Waals surface area contributed by atoms with Crippen LogP contribution >= 0.6 is 46.3 Å². The van der Waals surface area contributed by atoms with Gasteiger partial charge in [0.15, 0.2) is 0 Å². The van der Waals surface area contributed by atoms with E-state index >= 15 is 0 Å². The maximum Gasteiger partial charge on any atom is 0.308 e. The first-order valence-electron chi connectivity index (χ1n) is 12.2. The monoisotopic (exact) mass is 631 g/mol. The fourth-order valence-electron chi connectivity index (χ4n) is 5.05. The number of fused-ring (bicyclic) bond motifs is 2. The maximum absolute atomic E-state index is 13.8. The number of halogens is 4. The number of thiazole rings is 1. The largest absolute Gasteiger partial charge is 0.324 e. The third-order valence-electron chi connectivity index (χ3n) is 6.87. The molecule has 3 heterocycles. The van der Waals surface area contributed by atoms with Gasteiger partial charge in [0.2, 0.25) is 17.7 Å². The summed E-state index contributed by atoms with van der Waals surface area (Å²) >= 11 is 13.9. The van der Waals surface area contributed by atoms with Crippen molar-refractivity contribution in [2.75, 3.05) is 10.2 Å². The Labute approximate surface area is 249 Å². The van der Waals surface area contributed by atoms with Crippen molar-refractivity contribution >= 4 is 75.4 Å². The quantitative estimate of drug-likeness (QED) is 0.276. The van der Waals surface area contributed by atoms with Gasteiger partial charge in [-0.3, -0.25) is 23.7 Å². The molecule has 208 valence electrons. The Bertz CT molecular complexity index is 1780. The predicted octanol–water partition coefficient (Wildman–Crippen LogP) is 5.93. The van der Waals surface area contributed by atoms with Gasteiger partial charge in [0.25, 0.3) is 0 Å². The highest BCUT2D eigenvalue weighted by atomic mass is 35.5. The normalized spacial score (nSPS) is 19.7. The average Bonchev–Trinajstić information content (AvgIpc) is 3.38. The van der Waals surface area contributed by atoms with Crippen LogP contribution in [0.4, 0.5) is 20.2 Å². The molecule has 6 rings (SSSR count). The van der Waals surface area contributed by atoms with Crippen molar-refractivity contribution in [2.24, 2.45) is 5.92 Å². The molecule has 3 amide bonds. The number of nitrogens with one attached hydrogen (secondary N) is 1. The van der Waals surface area contributed by atoms with Crippen LogP contribution < -0.4 is 15.1 Å². The summed E-state index contributed by atoms with van der Waals surface area (Å²) in [6.45, 7) is -0.366. The van der Waals surface area contributed by atoms with Gasteiger partial charge in [0.1, 0.15) is 23.4 Å². The molecule has 4 aromatic rings. The van der Waals surface area contributed by atoms with Gasteiger partial charge in [0, 0.05) is 16.5 Å². The first-order valence-corrected chi connectivity index (χ1v) is 14.6. The molecular formula is C28H17Cl2F2N3O4S2. The molecule has 0 aliphatic carbocycles. The Morgan fingerprint density at radius 3 is 2.20 bits per heavy atom. The molecule has 3 atom stereocenters. The van der Waals surface area contributed by atoms with Crippen molar-refractivity contribution in [3.63, 3.8) is 0 Å². The van der Waals surface area contributed by atoms with Crippen LogP contribution in [0, 0.1) is 17.6 Å². The number of anilines is 2. The van der Waals surface area contributed by atoms with E-state index in [-0.39, 0.29) is 17.3 Å². The number of aromatic nitrogens is 1. The van der Waals surface area contributed by atoms with Crippen molar-refractivity contribution in [1.82, 2.24) is 4.57 Å². The van der Waals surface area contributed by atoms with Gasteiger partial charge in [-0.1, -0.05) is 58.4 Å². The Morgan fingerprint density at radius 1 is 0.878 bits per heavy atom. The van der Waals surface area contributed by atoms with Gasteiger partial charge in [-0.25, -0.2) is 13.7 Å². The summed E-state index contributed by atoms with van der Waals surface area (Å²) in [5, 5.41) is 2.68. The molecule has 0 spiro atoms. The minimum Gasteiger partial charge on any atom is -0.324 e. The summed E-state index contributed by atoms with van der Waals surface area (Å²) < 4.78 is 28.7. The lowest BCUT2D eigenvalue weighted by molar-refractivity contribution is -0.122. The number of carbonyl (C=O) groups is 3. The number of hydrogen-bond acceptors (Lipinski definition) is 6. The SMILES string of the molecule is O=C(Cn1c2c(sc1=O)[C@@H](c1ccc(F)cc1)[C@@H]1C(=O)N(c3ccc(F)cc3)C(=O)[C@@H]1S2)Nc1ccc(Cl)c(Cl)c1. The van der Waals surface area contributed by atoms with Gasteiger partial charge in [-0.15, -0.1) is 0 Å². The Morgan fingerprint density at radius 2 is 1.54 bits per heavy atom. The molecule has 0 unspecified atom stereocenters. The highest BCUT2D eigenvalue weighted by Gasteiger charge is 2.56. The molecule has 1 aromatic heterocycles. The van der Waals surface area contributed by atoms with E-state index < -0.39 is 51.3 Å². The molecule has 0 saturated carbocycles. The van der Waals surface area contributed by atoms with Crippen molar-refractivity contribution in [3.8, 4) is 0 Å². The summed E-state index contributed by atoms with van der Waals surface area (Å²) in [7, 11) is 0. The molecule has 1 saturated heterocycles. The van der Waals surface area contributed by atoms with E-state index in [1.54, 1.807) is 6.07 Å². The maximum atomic E-state index is 13.8. The zero-order chi connectivity index (χ0) is 29.0. The Hall–Kier alpha value is -3.51. The second-order valence-corrected chi connectivity index (χ2v) is 12.3. The highest BCUT2D eigenvalue weighted by molar-refractivity contribution is 8.00. The number of imide groups is 1. The lowest BCUT2D eigenvalue weighted by Gasteiger charge is -2.30. The molecular weight excluding hydrogens is 615 g/mol. The van der Waals surface area contributed by atoms with Crippen LogP contribution in [-0.4, -0.2) is 27.5 Å². The fourth-order valence-corrected chi connectivity index (χ4v) is 8.12. The summed E-state index contributed by atoms with van der Waals surface area (Å²) in [4.78, 5) is 54.7. The smallest absolute Gasteiger partial charge is 0.308 e. The van der Waals surface area contributed by atoms with Gasteiger partial charge < -0.3 is 5.32 Å². The summed E-state index contributed by atoms with van der Waals surface area (Å²) in [6.07, 6.45) is 0. The molecule has 41 heavy (non-hydrogen) atoms. The molecule has 7 nitrogen and oxygen atoms in total. The topological polar surface area (TPSA) is 88.5 Å². The molecule has 0 radical (unpaired) electrons. The van der Waals surface area contributed by atoms with E-state index in [4.69, 9.17) is 23.2 Å². The summed E-state index contributed by atoms with van der Waals surface area (Å²) in [5.74, 6) is -4.23. The molecule has 13 heteroatoms. The van der Waals surface area contributed by atoms with Gasteiger partial charge in [-0.05, 0) is 60.2 Å². The van der Waals surface area contributed by atoms with Crippen LogP contribution in [-0.2, 0) is 20.9 Å². The van der Waals surface area contributed by atoms with E-state index in [0.29, 0.717) is 26.2 Å². The molecule has 3 aromatic carbocycles. The number of nitrogens with zero attached hydrogens (tertiary/aromatic N) is 2. The zero-order valence-corrected chi connectivity index (χ0v) is 23.8. The number of thioether (sulfide) groups is 1. The van der Waals surface area contributed by atoms with Crippen LogP contribution in [0.3, 0.4) is 0 Å². The lowest BCUT2D eigenvalue weighted by Crippen LogP contribution is -2.33. The van der Waals surface area contributed by atoms with Crippen LogP contribution in [0.25, 0.3) is 0 Å². The predicted molar refractivity (Wildman–Crippen MR) is 154 cm³/mol. The van der Waals surface area contributed by atoms with E-state index in [1.807, 2.05) is 0 Å². The van der Waals surface area contributed by atoms with Gasteiger partial charge in [0.05, 0.1) is 26.7 Å². The minimum atomic E-state index is -0.937. The van der Waals surface area contributed by atoms with Crippen molar-refractivity contribution < 1.29 is 23.2 Å². The lowest BCUT2D eigenvalue weighted by atomic mass is 9.83. The summed E-state index contributed by atoms with van der Waals surface area (Å²) in [6, 6.07) is 15.1. The number of benzene rings is 3. The third kappa shape index (κ3) is 4.97. The minimum absolute atomic E-state index is 0.219. The molecule has 1 fully saturated rings. The van der Waals surface area contributed by atoms with Crippen LogP contribution in [0.1, 0.15) is 16.4 Å². The number of amides is 3. The van der Waals surface area contributed by atoms with E-state index in [2.05, 4.69) is 5.32 Å². The standard InChI is InChI=1S/C28H17Cl2F2N3O4S2/c29-18-10-7-16(11-19(18)30)33-20(36)12-34-27-24(41-28(34)39)21(13-1-3-14(31)4-2-13)22-23(40-27)26(38)35(25(22)37)17-8-5-15(32)6-9-17/h1-11,21-23H,12H2,(H,33,36)/t21-,22-,23+/m0/s1. The van der Waals surface area contributed by atoms with E-state index in [1.165, 1.54) is 53.1 Å². The van der Waals surface area contributed by atoms with Crippen LogP contribution in [0.15, 0.2) is 76.6 Å². The van der Waals surface area contributed by atoms with Gasteiger partial charge >= 0.3 is 4.87 Å². The highest BCUT2D eigenvalue weighted by Crippen LogP contribution is 2.53. The Kier molecular flexibility index (Phi) is 7.23. The first-order chi connectivity index (χ1) is 19.6. The first kappa shape index (κ1) is 27.6. The van der Waals surface area contributed by atoms with Crippen molar-refractivity contribution in [2.45, 2.75) is 22.7 Å². The summed E-state index contributed by atoms with van der Waals surface area (Å²) in [5.41, 5.74) is 1.14. The average molecular weight is 632 g/mol. The van der Waals surface area contributed by atoms with Gasteiger partial charge in [-0.2, -0.15) is 0 Å². The fraction of sp³-hybridized carbons (Fsp3) is 0.143. The van der Waals surface area contributed by atoms with Crippen LogP contribution in [0.2, 0.25) is 10.0 Å². The molecule has 1 N–H and O–H groups in total. The third-order valence-corrected chi connectivity index (χ3v) is 10.2. The number of hydrogen-bond donors (Lipinski definition) is 1. The number of carbonyl (C=O) groups excluding carboxylic acids is 3. The molecule has 2 aliphatic heterocycles. The zero-order valence-electron chi connectivity index (χ0n) is 20.6. The number of rotatable bonds is 5. The Balaban J connectivity index is 1.40. The van der Waals surface area contributed by atoms with Crippen molar-refractivity contribution in [1.29, 1.82) is 0 Å². The molecule has 2 aliphatic rings. The van der Waals surface area contributed by atoms with Crippen molar-refractivity contribution in [3.05, 3.63) is 109 Å². The van der Waals surface area contributed by atoms with Crippen LogP contribution in [0.5, 0.6) is 0 Å². The second-order valence-electron chi connectivity index (χ2n) is 9.38. The molecule has 0 bridgehead atoms. The van der Waals surface area contributed by atoms with E-state index in [0.717, 1.165) is 40.1 Å². The van der Waals surface area contributed by atoms with E-state index in [9.17, 15) is 28.0 Å². The second kappa shape index (κ2) is 10.7.